The third-order valence-corrected chi connectivity index (χ3v) is 1.62. The van der Waals surface area contributed by atoms with E-state index in [9.17, 15) is 0 Å². The summed E-state index contributed by atoms with van der Waals surface area (Å²) in [6.07, 6.45) is 2.90. The van der Waals surface area contributed by atoms with Gasteiger partial charge in [0.2, 0.25) is 5.90 Å². The van der Waals surface area contributed by atoms with Gasteiger partial charge >= 0.3 is 0 Å². The Morgan fingerprint density at radius 3 is 2.83 bits per heavy atom. The maximum absolute atomic E-state index is 5.34. The topological polar surface area (TPSA) is 47.6 Å². The van der Waals surface area contributed by atoms with E-state index in [1.165, 1.54) is 12.7 Å². The Labute approximate surface area is 70.3 Å². The highest BCUT2D eigenvalue weighted by Crippen LogP contribution is 2.19. The van der Waals surface area contributed by atoms with E-state index in [2.05, 4.69) is 9.98 Å². The lowest BCUT2D eigenvalue weighted by Gasteiger charge is -2.07. The number of oxazole rings is 1. The van der Waals surface area contributed by atoms with Crippen LogP contribution in [0.25, 0.3) is 0 Å². The summed E-state index contributed by atoms with van der Waals surface area (Å²) in [7, 11) is 0. The fourth-order valence-corrected chi connectivity index (χ4v) is 1.03. The Kier molecular flexibility index (Phi) is 1.43. The van der Waals surface area contributed by atoms with Crippen molar-refractivity contribution in [1.82, 2.24) is 4.98 Å². The van der Waals surface area contributed by atoms with E-state index in [4.69, 9.17) is 9.15 Å². The number of hydrogen-bond donors (Lipinski definition) is 0. The summed E-state index contributed by atoms with van der Waals surface area (Å²) in [5.74, 6) is 0.578. The van der Waals surface area contributed by atoms with Gasteiger partial charge < -0.3 is 9.15 Å². The number of nitrogens with zero attached hydrogens (tertiary/aromatic N) is 2. The maximum Gasteiger partial charge on any atom is 0.239 e. The van der Waals surface area contributed by atoms with E-state index in [0.29, 0.717) is 18.2 Å². The molecule has 0 N–H and O–H groups in total. The Hall–Kier alpha value is -1.32. The molecule has 4 heteroatoms. The van der Waals surface area contributed by atoms with Crippen LogP contribution in [0, 0.1) is 0 Å². The van der Waals surface area contributed by atoms with Crippen LogP contribution in [0.4, 0.5) is 0 Å². The van der Waals surface area contributed by atoms with Gasteiger partial charge in [0.15, 0.2) is 12.1 Å². The van der Waals surface area contributed by atoms with Gasteiger partial charge in [-0.15, -0.1) is 0 Å². The maximum atomic E-state index is 5.34. The zero-order valence-electron chi connectivity index (χ0n) is 7.07. The average molecular weight is 166 g/mol. The Morgan fingerprint density at radius 1 is 1.50 bits per heavy atom. The molecule has 64 valence electrons. The highest BCUT2D eigenvalue weighted by atomic mass is 16.5. The van der Waals surface area contributed by atoms with Gasteiger partial charge in [0.1, 0.15) is 12.9 Å². The number of aromatic nitrogens is 1. The second kappa shape index (κ2) is 2.33. The second-order valence-corrected chi connectivity index (χ2v) is 3.39. The third-order valence-electron chi connectivity index (χ3n) is 1.62. The summed E-state index contributed by atoms with van der Waals surface area (Å²) in [5, 5.41) is 0. The van der Waals surface area contributed by atoms with Gasteiger partial charge in [0.05, 0.1) is 5.54 Å². The largest absolute Gasteiger partial charge is 0.474 e. The molecule has 0 bridgehead atoms. The molecule has 0 aromatic carbocycles. The van der Waals surface area contributed by atoms with Gasteiger partial charge in [-0.3, -0.25) is 0 Å². The van der Waals surface area contributed by atoms with Gasteiger partial charge in [-0.2, -0.15) is 0 Å². The average Bonchev–Trinajstić information content (AvgIpc) is 2.55. The van der Waals surface area contributed by atoms with Crippen LogP contribution in [0.2, 0.25) is 0 Å². The zero-order chi connectivity index (χ0) is 8.60. The first kappa shape index (κ1) is 7.34. The summed E-state index contributed by atoms with van der Waals surface area (Å²) < 4.78 is 10.2. The zero-order valence-corrected chi connectivity index (χ0v) is 7.07. The van der Waals surface area contributed by atoms with E-state index in [0.717, 1.165) is 0 Å². The van der Waals surface area contributed by atoms with Crippen molar-refractivity contribution in [3.63, 3.8) is 0 Å². The molecule has 0 fully saturated rings. The first-order valence-corrected chi connectivity index (χ1v) is 3.79. The van der Waals surface area contributed by atoms with Crippen molar-refractivity contribution in [1.29, 1.82) is 0 Å². The standard InChI is InChI=1S/C8H10N2O2/c1-8(2)4-12-7(10-8)6-3-11-5-9-6/h3,5H,4H2,1-2H3. The molecule has 1 aromatic rings. The van der Waals surface area contributed by atoms with Crippen LogP contribution in [-0.4, -0.2) is 23.0 Å². The van der Waals surface area contributed by atoms with Crippen molar-refractivity contribution in [3.8, 4) is 0 Å². The lowest BCUT2D eigenvalue weighted by Crippen LogP contribution is -2.17. The molecule has 0 spiro atoms. The highest BCUT2D eigenvalue weighted by molar-refractivity contribution is 5.93. The van der Waals surface area contributed by atoms with E-state index < -0.39 is 0 Å². The van der Waals surface area contributed by atoms with Crippen LogP contribution in [0.1, 0.15) is 19.5 Å². The first-order chi connectivity index (χ1) is 5.67. The fourth-order valence-electron chi connectivity index (χ4n) is 1.03. The lowest BCUT2D eigenvalue weighted by atomic mass is 10.1. The quantitative estimate of drug-likeness (QED) is 0.630. The summed E-state index contributed by atoms with van der Waals surface area (Å²) in [6, 6.07) is 0. The summed E-state index contributed by atoms with van der Waals surface area (Å²) in [4.78, 5) is 8.28. The molecular formula is C8H10N2O2. The van der Waals surface area contributed by atoms with Gasteiger partial charge in [0.25, 0.3) is 0 Å². The lowest BCUT2D eigenvalue weighted by molar-refractivity contribution is 0.279. The summed E-state index contributed by atoms with van der Waals surface area (Å²) >= 11 is 0. The van der Waals surface area contributed by atoms with Crippen molar-refractivity contribution < 1.29 is 9.15 Å². The van der Waals surface area contributed by atoms with Crippen LogP contribution < -0.4 is 0 Å². The van der Waals surface area contributed by atoms with Crippen molar-refractivity contribution in [2.75, 3.05) is 6.61 Å². The van der Waals surface area contributed by atoms with E-state index in [1.807, 2.05) is 13.8 Å². The monoisotopic (exact) mass is 166 g/mol. The molecule has 1 aliphatic heterocycles. The van der Waals surface area contributed by atoms with Crippen LogP contribution in [0.15, 0.2) is 22.1 Å². The smallest absolute Gasteiger partial charge is 0.239 e. The summed E-state index contributed by atoms with van der Waals surface area (Å²) in [5.41, 5.74) is 0.537. The van der Waals surface area contributed by atoms with Gasteiger partial charge in [-0.25, -0.2) is 9.98 Å². The molecule has 1 aliphatic rings. The molecule has 0 radical (unpaired) electrons. The number of hydrogen-bond acceptors (Lipinski definition) is 4. The molecular weight excluding hydrogens is 156 g/mol. The molecule has 0 saturated carbocycles. The minimum absolute atomic E-state index is 0.131. The molecule has 2 rings (SSSR count). The minimum atomic E-state index is -0.131. The van der Waals surface area contributed by atoms with E-state index in [-0.39, 0.29) is 5.54 Å². The van der Waals surface area contributed by atoms with Crippen LogP contribution in [0.5, 0.6) is 0 Å². The predicted octanol–water partition coefficient (Wildman–Crippen LogP) is 1.23. The van der Waals surface area contributed by atoms with Crippen molar-refractivity contribution >= 4 is 5.90 Å². The number of aliphatic imine (C=N–C) groups is 1. The van der Waals surface area contributed by atoms with Gasteiger partial charge in [-0.05, 0) is 13.8 Å². The number of rotatable bonds is 1. The molecule has 0 amide bonds. The van der Waals surface area contributed by atoms with E-state index >= 15 is 0 Å². The van der Waals surface area contributed by atoms with Crippen LogP contribution in [0.3, 0.4) is 0 Å². The Balaban J connectivity index is 2.28. The highest BCUT2D eigenvalue weighted by Gasteiger charge is 2.27. The SMILES string of the molecule is CC1(C)COC(c2cocn2)=N1. The van der Waals surface area contributed by atoms with Gasteiger partial charge in [-0.1, -0.05) is 0 Å². The first-order valence-electron chi connectivity index (χ1n) is 3.79. The normalized spacial score (nSPS) is 20.3. The molecule has 1 aromatic heterocycles. The van der Waals surface area contributed by atoms with Crippen molar-refractivity contribution in [2.45, 2.75) is 19.4 Å². The third kappa shape index (κ3) is 1.20. The van der Waals surface area contributed by atoms with Crippen molar-refractivity contribution in [2.24, 2.45) is 4.99 Å². The molecule has 0 unspecified atom stereocenters. The Bertz CT molecular complexity index is 301. The molecule has 0 atom stereocenters. The van der Waals surface area contributed by atoms with Crippen molar-refractivity contribution in [3.05, 3.63) is 18.4 Å². The summed E-state index contributed by atoms with van der Waals surface area (Å²) in [6.45, 7) is 4.63. The molecule has 2 heterocycles. The predicted molar refractivity (Wildman–Crippen MR) is 43.1 cm³/mol. The molecule has 0 saturated heterocycles. The second-order valence-electron chi connectivity index (χ2n) is 3.39. The van der Waals surface area contributed by atoms with Gasteiger partial charge in [0, 0.05) is 0 Å². The molecule has 0 aliphatic carbocycles. The molecule has 12 heavy (non-hydrogen) atoms. The molecule has 4 nitrogen and oxygen atoms in total. The van der Waals surface area contributed by atoms with E-state index in [1.54, 1.807) is 0 Å². The minimum Gasteiger partial charge on any atom is -0.474 e. The number of ether oxygens (including phenoxy) is 1. The van der Waals surface area contributed by atoms with Crippen LogP contribution in [-0.2, 0) is 4.74 Å². The van der Waals surface area contributed by atoms with Crippen LogP contribution >= 0.6 is 0 Å². The fraction of sp³-hybridized carbons (Fsp3) is 0.500. The Morgan fingerprint density at radius 2 is 2.33 bits per heavy atom.